The van der Waals surface area contributed by atoms with Crippen molar-refractivity contribution in [2.24, 2.45) is 40.4 Å². The van der Waals surface area contributed by atoms with Gasteiger partial charge in [0.2, 0.25) is 0 Å². The third kappa shape index (κ3) is 1.92. The third-order valence-corrected chi connectivity index (χ3v) is 9.06. The van der Waals surface area contributed by atoms with E-state index in [-0.39, 0.29) is 6.10 Å². The topological polar surface area (TPSA) is 20.2 Å². The summed E-state index contributed by atoms with van der Waals surface area (Å²) in [4.78, 5) is 0. The molecular formula is C20H34O. The molecule has 4 aliphatic rings. The van der Waals surface area contributed by atoms with Gasteiger partial charge in [-0.2, -0.15) is 0 Å². The highest BCUT2D eigenvalue weighted by molar-refractivity contribution is 5.08. The number of aliphatic hydroxyl groups is 1. The summed E-state index contributed by atoms with van der Waals surface area (Å²) in [5, 5.41) is 10.3. The van der Waals surface area contributed by atoms with Crippen LogP contribution in [0.5, 0.6) is 0 Å². The number of aliphatic hydroxyl groups excluding tert-OH is 1. The lowest BCUT2D eigenvalue weighted by Crippen LogP contribution is -2.54. The van der Waals surface area contributed by atoms with E-state index in [0.29, 0.717) is 10.8 Å². The molecule has 21 heavy (non-hydrogen) atoms. The van der Waals surface area contributed by atoms with Gasteiger partial charge < -0.3 is 5.11 Å². The molecule has 4 aliphatic carbocycles. The van der Waals surface area contributed by atoms with Crippen molar-refractivity contribution in [3.05, 3.63) is 0 Å². The van der Waals surface area contributed by atoms with Gasteiger partial charge in [-0.1, -0.05) is 20.8 Å². The summed E-state index contributed by atoms with van der Waals surface area (Å²) in [6.45, 7) is 7.67. The van der Waals surface area contributed by atoms with Gasteiger partial charge in [-0.15, -0.1) is 0 Å². The Hall–Kier alpha value is -0.0400. The third-order valence-electron chi connectivity index (χ3n) is 9.06. The molecule has 0 aromatic rings. The second-order valence-electron chi connectivity index (χ2n) is 9.62. The molecule has 1 heteroatoms. The number of hydrogen-bond acceptors (Lipinski definition) is 1. The molecule has 3 unspecified atom stereocenters. The molecule has 4 fully saturated rings. The van der Waals surface area contributed by atoms with Crippen LogP contribution in [-0.4, -0.2) is 11.2 Å². The average Bonchev–Trinajstić information content (AvgIpc) is 2.74. The van der Waals surface area contributed by atoms with Crippen LogP contribution in [0.2, 0.25) is 0 Å². The van der Waals surface area contributed by atoms with E-state index >= 15 is 0 Å². The molecular weight excluding hydrogens is 256 g/mol. The molecule has 1 nitrogen and oxygen atoms in total. The summed E-state index contributed by atoms with van der Waals surface area (Å²) < 4.78 is 0. The minimum atomic E-state index is -0.0131. The standard InChI is InChI=1S/C20H34O/c1-13-4-9-17-16-8-6-14-5-7-15(21)12-20(14,3)18(16)10-11-19(13,17)2/h13-18,21H,4-12H2,1-3H3/t13?,14?,15?,16-,17-,18+,19+,20-/m0/s1. The van der Waals surface area contributed by atoms with E-state index in [4.69, 9.17) is 0 Å². The van der Waals surface area contributed by atoms with Crippen LogP contribution >= 0.6 is 0 Å². The molecule has 0 aliphatic heterocycles. The molecule has 0 heterocycles. The first-order valence-corrected chi connectivity index (χ1v) is 9.63. The lowest BCUT2D eigenvalue weighted by Gasteiger charge is -2.61. The van der Waals surface area contributed by atoms with Crippen LogP contribution < -0.4 is 0 Å². The molecule has 1 N–H and O–H groups in total. The largest absolute Gasteiger partial charge is 0.393 e. The van der Waals surface area contributed by atoms with E-state index in [1.807, 2.05) is 0 Å². The molecule has 0 aromatic carbocycles. The molecule has 120 valence electrons. The Balaban J connectivity index is 1.64. The lowest BCUT2D eigenvalue weighted by molar-refractivity contribution is -0.129. The van der Waals surface area contributed by atoms with Crippen LogP contribution in [0.3, 0.4) is 0 Å². The number of rotatable bonds is 0. The molecule has 0 spiro atoms. The monoisotopic (exact) mass is 290 g/mol. The smallest absolute Gasteiger partial charge is 0.0545 e. The normalized spacial score (nSPS) is 60.0. The van der Waals surface area contributed by atoms with E-state index in [1.54, 1.807) is 0 Å². The fraction of sp³-hybridized carbons (Fsp3) is 1.00. The Bertz CT molecular complexity index is 418. The molecule has 0 aromatic heterocycles. The number of hydrogen-bond donors (Lipinski definition) is 1. The molecule has 0 bridgehead atoms. The van der Waals surface area contributed by atoms with Crippen LogP contribution in [0.15, 0.2) is 0 Å². The average molecular weight is 290 g/mol. The molecule has 8 atom stereocenters. The summed E-state index contributed by atoms with van der Waals surface area (Å²) in [7, 11) is 0. The maximum Gasteiger partial charge on any atom is 0.0545 e. The molecule has 0 saturated heterocycles. The first-order valence-electron chi connectivity index (χ1n) is 9.63. The fourth-order valence-electron chi connectivity index (χ4n) is 7.59. The lowest BCUT2D eigenvalue weighted by atomic mass is 9.44. The van der Waals surface area contributed by atoms with E-state index in [2.05, 4.69) is 20.8 Å². The van der Waals surface area contributed by atoms with Crippen molar-refractivity contribution in [3.63, 3.8) is 0 Å². The van der Waals surface area contributed by atoms with Crippen molar-refractivity contribution in [1.29, 1.82) is 0 Å². The van der Waals surface area contributed by atoms with E-state index in [0.717, 1.165) is 42.4 Å². The fourth-order valence-corrected chi connectivity index (χ4v) is 7.59. The van der Waals surface area contributed by atoms with Gasteiger partial charge in [0.05, 0.1) is 6.10 Å². The Labute approximate surface area is 130 Å². The summed E-state index contributed by atoms with van der Waals surface area (Å²) in [5.74, 6) is 4.72. The van der Waals surface area contributed by atoms with Crippen molar-refractivity contribution >= 4 is 0 Å². The number of fused-ring (bicyclic) bond motifs is 5. The first-order chi connectivity index (χ1) is 9.95. The predicted molar refractivity (Wildman–Crippen MR) is 86.9 cm³/mol. The molecule has 4 rings (SSSR count). The van der Waals surface area contributed by atoms with Crippen molar-refractivity contribution in [2.45, 2.75) is 84.7 Å². The maximum atomic E-state index is 10.3. The molecule has 0 amide bonds. The van der Waals surface area contributed by atoms with Crippen molar-refractivity contribution in [3.8, 4) is 0 Å². The molecule has 4 saturated carbocycles. The van der Waals surface area contributed by atoms with Gasteiger partial charge in [0.15, 0.2) is 0 Å². The van der Waals surface area contributed by atoms with Crippen LogP contribution in [-0.2, 0) is 0 Å². The van der Waals surface area contributed by atoms with E-state index < -0.39 is 0 Å². The highest BCUT2D eigenvalue weighted by Gasteiger charge is 2.59. The van der Waals surface area contributed by atoms with Gasteiger partial charge in [0.1, 0.15) is 0 Å². The summed E-state index contributed by atoms with van der Waals surface area (Å²) in [6, 6.07) is 0. The van der Waals surface area contributed by atoms with Crippen molar-refractivity contribution in [1.82, 2.24) is 0 Å². The van der Waals surface area contributed by atoms with Gasteiger partial charge in [0, 0.05) is 0 Å². The maximum absolute atomic E-state index is 10.3. The van der Waals surface area contributed by atoms with Gasteiger partial charge in [0.25, 0.3) is 0 Å². The Morgan fingerprint density at radius 2 is 1.52 bits per heavy atom. The van der Waals surface area contributed by atoms with Crippen LogP contribution in [0.1, 0.15) is 78.6 Å². The van der Waals surface area contributed by atoms with Crippen molar-refractivity contribution in [2.75, 3.05) is 0 Å². The van der Waals surface area contributed by atoms with Crippen LogP contribution in [0.4, 0.5) is 0 Å². The highest BCUT2D eigenvalue weighted by Crippen LogP contribution is 2.67. The summed E-state index contributed by atoms with van der Waals surface area (Å²) in [5.41, 5.74) is 1.09. The van der Waals surface area contributed by atoms with Gasteiger partial charge >= 0.3 is 0 Å². The van der Waals surface area contributed by atoms with Gasteiger partial charge in [-0.3, -0.25) is 0 Å². The molecule has 0 radical (unpaired) electrons. The Morgan fingerprint density at radius 3 is 2.33 bits per heavy atom. The van der Waals surface area contributed by atoms with Crippen LogP contribution in [0.25, 0.3) is 0 Å². The van der Waals surface area contributed by atoms with Gasteiger partial charge in [-0.05, 0) is 98.2 Å². The first kappa shape index (κ1) is 14.5. The SMILES string of the molecule is CC1CC[C@H]2[C@@H]3CCC4CCC(O)C[C@]4(C)[C@@H]3CC[C@]12C. The summed E-state index contributed by atoms with van der Waals surface area (Å²) >= 11 is 0. The predicted octanol–water partition coefficient (Wildman–Crippen LogP) is 5.03. The van der Waals surface area contributed by atoms with Gasteiger partial charge in [-0.25, -0.2) is 0 Å². The zero-order valence-electron chi connectivity index (χ0n) is 14.3. The second-order valence-corrected chi connectivity index (χ2v) is 9.62. The highest BCUT2D eigenvalue weighted by atomic mass is 16.3. The second kappa shape index (κ2) is 4.73. The Morgan fingerprint density at radius 1 is 0.810 bits per heavy atom. The zero-order valence-corrected chi connectivity index (χ0v) is 14.3. The Kier molecular flexibility index (Phi) is 3.27. The van der Waals surface area contributed by atoms with Crippen molar-refractivity contribution < 1.29 is 5.11 Å². The minimum Gasteiger partial charge on any atom is -0.393 e. The summed E-state index contributed by atoms with van der Waals surface area (Å²) in [6.07, 6.45) is 12.2. The van der Waals surface area contributed by atoms with E-state index in [1.165, 1.54) is 44.9 Å². The zero-order chi connectivity index (χ0) is 14.8. The minimum absolute atomic E-state index is 0.0131. The quantitative estimate of drug-likeness (QED) is 0.663. The van der Waals surface area contributed by atoms with E-state index in [9.17, 15) is 5.11 Å². The van der Waals surface area contributed by atoms with Crippen LogP contribution in [0, 0.1) is 40.4 Å².